The molecular formula is C27H25FN8O3. The van der Waals surface area contributed by atoms with Gasteiger partial charge in [0, 0.05) is 48.4 Å². The highest BCUT2D eigenvalue weighted by Crippen LogP contribution is 2.62. The largest absolute Gasteiger partial charge is 0.421 e. The van der Waals surface area contributed by atoms with Crippen molar-refractivity contribution in [3.05, 3.63) is 60.4 Å². The summed E-state index contributed by atoms with van der Waals surface area (Å²) in [5.74, 6) is -0.260. The van der Waals surface area contributed by atoms with Gasteiger partial charge in [-0.05, 0) is 43.7 Å². The molecule has 2 aromatic heterocycles. The second kappa shape index (κ2) is 8.84. The van der Waals surface area contributed by atoms with Crippen molar-refractivity contribution in [2.45, 2.75) is 30.5 Å². The van der Waals surface area contributed by atoms with Crippen molar-refractivity contribution in [3.63, 3.8) is 0 Å². The van der Waals surface area contributed by atoms with E-state index in [0.717, 1.165) is 19.4 Å². The standard InChI is InChI=1S/C27H25FN8O3/c28-21-10-17(35-14-24(39-26(35)38)36-9-8-32-33-36)4-5-18(21)16-3-6-23(31-11-16)27(15-29)19-12-34(13-20(19)27)25(37)22-2-1-7-30-22/h3-6,8-11,19-20,22,24,30H,1-2,7,12-14H2/t19-,20+,22-,24?,27?/m0/s1. The van der Waals surface area contributed by atoms with Crippen LogP contribution in [-0.2, 0) is 14.9 Å². The lowest BCUT2D eigenvalue weighted by Gasteiger charge is -2.25. The monoisotopic (exact) mass is 528 g/mol. The zero-order valence-corrected chi connectivity index (χ0v) is 20.9. The Bertz CT molecular complexity index is 1470. The number of amides is 2. The van der Waals surface area contributed by atoms with Gasteiger partial charge < -0.3 is 15.0 Å². The highest BCUT2D eigenvalue weighted by atomic mass is 19.1. The molecule has 5 heterocycles. The molecular weight excluding hydrogens is 503 g/mol. The number of anilines is 1. The molecule has 3 aliphatic heterocycles. The number of ether oxygens (including phenoxy) is 1. The maximum absolute atomic E-state index is 15.2. The van der Waals surface area contributed by atoms with E-state index in [4.69, 9.17) is 4.74 Å². The molecule has 0 spiro atoms. The normalized spacial score (nSPS) is 29.3. The molecule has 12 heteroatoms. The molecule has 0 bridgehead atoms. The lowest BCUT2D eigenvalue weighted by molar-refractivity contribution is -0.132. The quantitative estimate of drug-likeness (QED) is 0.534. The number of piperidine rings is 1. The van der Waals surface area contributed by atoms with Crippen LogP contribution in [0.2, 0.25) is 0 Å². The van der Waals surface area contributed by atoms with Gasteiger partial charge in [-0.25, -0.2) is 13.9 Å². The number of halogens is 1. The maximum Gasteiger partial charge on any atom is 0.416 e. The number of rotatable bonds is 5. The Morgan fingerprint density at radius 2 is 2.05 bits per heavy atom. The first kappa shape index (κ1) is 23.7. The number of aromatic nitrogens is 4. The van der Waals surface area contributed by atoms with Crippen LogP contribution in [0.25, 0.3) is 11.1 Å². The SMILES string of the molecule is N#CC1(c2ccc(-c3ccc(N4CC(n5ccnn5)OC4=O)cc3F)cn2)[C@@H]2CN(C(=O)[C@@H]3CCCN3)C[C@@H]21. The second-order valence-electron chi connectivity index (χ2n) is 10.5. The maximum atomic E-state index is 15.2. The minimum absolute atomic E-state index is 0.0591. The molecule has 1 saturated carbocycles. The average Bonchev–Trinajstić information content (AvgIpc) is 3.64. The number of cyclic esters (lactones) is 1. The summed E-state index contributed by atoms with van der Waals surface area (Å²) < 4.78 is 22.0. The van der Waals surface area contributed by atoms with Gasteiger partial charge in [0.05, 0.1) is 36.2 Å². The molecule has 4 fully saturated rings. The van der Waals surface area contributed by atoms with Crippen LogP contribution >= 0.6 is 0 Å². The lowest BCUT2D eigenvalue weighted by Crippen LogP contribution is -2.44. The van der Waals surface area contributed by atoms with Gasteiger partial charge >= 0.3 is 6.09 Å². The Morgan fingerprint density at radius 3 is 2.69 bits per heavy atom. The van der Waals surface area contributed by atoms with E-state index in [9.17, 15) is 14.9 Å². The Morgan fingerprint density at radius 1 is 1.21 bits per heavy atom. The molecule has 1 aromatic carbocycles. The molecule has 1 aliphatic carbocycles. The highest BCUT2D eigenvalue weighted by Gasteiger charge is 2.71. The molecule has 3 aromatic rings. The molecule has 1 N–H and O–H groups in total. The summed E-state index contributed by atoms with van der Waals surface area (Å²) >= 11 is 0. The fraction of sp³-hybridized carbons (Fsp3) is 0.407. The number of hydrogen-bond donors (Lipinski definition) is 1. The summed E-state index contributed by atoms with van der Waals surface area (Å²) in [5.41, 5.74) is 1.22. The summed E-state index contributed by atoms with van der Waals surface area (Å²) in [5, 5.41) is 20.9. The van der Waals surface area contributed by atoms with E-state index in [1.165, 1.54) is 21.8 Å². The predicted octanol–water partition coefficient (Wildman–Crippen LogP) is 2.24. The van der Waals surface area contributed by atoms with Crippen LogP contribution in [0.4, 0.5) is 14.9 Å². The molecule has 11 nitrogen and oxygen atoms in total. The number of nitrogens with zero attached hydrogens (tertiary/aromatic N) is 7. The fourth-order valence-corrected chi connectivity index (χ4v) is 6.40. The van der Waals surface area contributed by atoms with Gasteiger partial charge in [-0.3, -0.25) is 14.7 Å². The highest BCUT2D eigenvalue weighted by molar-refractivity contribution is 5.90. The van der Waals surface area contributed by atoms with Gasteiger partial charge in [0.1, 0.15) is 11.2 Å². The third kappa shape index (κ3) is 3.68. The molecule has 198 valence electrons. The molecule has 3 saturated heterocycles. The zero-order valence-electron chi connectivity index (χ0n) is 20.9. The first-order valence-electron chi connectivity index (χ1n) is 13.0. The molecule has 0 radical (unpaired) electrons. The number of nitrogens with one attached hydrogen (secondary N) is 1. The van der Waals surface area contributed by atoms with E-state index in [2.05, 4.69) is 26.7 Å². The summed E-state index contributed by atoms with van der Waals surface area (Å²) in [6.07, 6.45) is 5.30. The van der Waals surface area contributed by atoms with Gasteiger partial charge in [-0.2, -0.15) is 5.26 Å². The van der Waals surface area contributed by atoms with Crippen molar-refractivity contribution in [1.82, 2.24) is 30.2 Å². The Balaban J connectivity index is 1.05. The van der Waals surface area contributed by atoms with Crippen LogP contribution in [-0.4, -0.2) is 69.1 Å². The van der Waals surface area contributed by atoms with Gasteiger partial charge in [0.2, 0.25) is 12.1 Å². The summed E-state index contributed by atoms with van der Waals surface area (Å²) in [6, 6.07) is 10.5. The number of pyridine rings is 1. The fourth-order valence-electron chi connectivity index (χ4n) is 6.40. The number of benzene rings is 1. The number of hydrogen-bond acceptors (Lipinski definition) is 8. The number of nitriles is 1. The molecule has 7 rings (SSSR count). The molecule has 2 unspecified atom stereocenters. The smallest absolute Gasteiger partial charge is 0.416 e. The number of carbonyl (C=O) groups is 2. The van der Waals surface area contributed by atoms with Crippen LogP contribution < -0.4 is 10.2 Å². The molecule has 2 amide bonds. The van der Waals surface area contributed by atoms with E-state index in [1.54, 1.807) is 36.7 Å². The van der Waals surface area contributed by atoms with E-state index in [-0.39, 0.29) is 30.3 Å². The second-order valence-corrected chi connectivity index (χ2v) is 10.5. The summed E-state index contributed by atoms with van der Waals surface area (Å²) in [7, 11) is 0. The van der Waals surface area contributed by atoms with Crippen LogP contribution in [0, 0.1) is 29.0 Å². The van der Waals surface area contributed by atoms with Gasteiger partial charge in [0.15, 0.2) is 0 Å². The van der Waals surface area contributed by atoms with Crippen molar-refractivity contribution in [2.75, 3.05) is 31.1 Å². The van der Waals surface area contributed by atoms with Crippen molar-refractivity contribution >= 4 is 17.7 Å². The third-order valence-corrected chi connectivity index (χ3v) is 8.53. The van der Waals surface area contributed by atoms with Crippen LogP contribution in [0.3, 0.4) is 0 Å². The minimum Gasteiger partial charge on any atom is -0.421 e. The van der Waals surface area contributed by atoms with Gasteiger partial charge in [-0.15, -0.1) is 5.10 Å². The molecule has 39 heavy (non-hydrogen) atoms. The summed E-state index contributed by atoms with van der Waals surface area (Å²) in [4.78, 5) is 33.0. The van der Waals surface area contributed by atoms with Crippen molar-refractivity contribution in [3.8, 4) is 17.2 Å². The third-order valence-electron chi connectivity index (χ3n) is 8.53. The van der Waals surface area contributed by atoms with E-state index < -0.39 is 23.6 Å². The Hall–Kier alpha value is -4.37. The average molecular weight is 529 g/mol. The van der Waals surface area contributed by atoms with Crippen LogP contribution in [0.5, 0.6) is 0 Å². The van der Waals surface area contributed by atoms with Crippen LogP contribution in [0.1, 0.15) is 24.8 Å². The topological polar surface area (TPSA) is 129 Å². The van der Waals surface area contributed by atoms with Gasteiger partial charge in [-0.1, -0.05) is 11.3 Å². The van der Waals surface area contributed by atoms with Crippen molar-refractivity contribution < 1.29 is 18.7 Å². The van der Waals surface area contributed by atoms with Crippen LogP contribution in [0.15, 0.2) is 48.9 Å². The minimum atomic E-state index is -0.711. The van der Waals surface area contributed by atoms with E-state index in [1.807, 2.05) is 4.90 Å². The predicted molar refractivity (Wildman–Crippen MR) is 134 cm³/mol. The Kier molecular flexibility index (Phi) is 5.38. The van der Waals surface area contributed by atoms with E-state index in [0.29, 0.717) is 35.6 Å². The molecule has 5 atom stereocenters. The number of carbonyl (C=O) groups excluding carboxylic acids is 2. The Labute approximate surface area is 223 Å². The van der Waals surface area contributed by atoms with E-state index >= 15 is 4.39 Å². The first-order chi connectivity index (χ1) is 19.0. The van der Waals surface area contributed by atoms with Gasteiger partial charge in [0.25, 0.3) is 0 Å². The summed E-state index contributed by atoms with van der Waals surface area (Å²) in [6.45, 7) is 2.17. The lowest BCUT2D eigenvalue weighted by atomic mass is 9.95. The van der Waals surface area contributed by atoms with Crippen molar-refractivity contribution in [1.29, 1.82) is 5.26 Å². The van der Waals surface area contributed by atoms with Crippen molar-refractivity contribution in [2.24, 2.45) is 11.8 Å². The zero-order chi connectivity index (χ0) is 26.7. The number of likely N-dealkylation sites (tertiary alicyclic amines) is 1. The first-order valence-corrected chi connectivity index (χ1v) is 13.0. The number of fused-ring (bicyclic) bond motifs is 1. The molecule has 4 aliphatic rings.